The number of hydrogen-bond donors (Lipinski definition) is 4. The fourth-order valence-corrected chi connectivity index (χ4v) is 3.47. The van der Waals surface area contributed by atoms with Crippen molar-refractivity contribution in [3.8, 4) is 22.9 Å². The van der Waals surface area contributed by atoms with Gasteiger partial charge < -0.3 is 15.5 Å². The zero-order valence-corrected chi connectivity index (χ0v) is 18.4. The summed E-state index contributed by atoms with van der Waals surface area (Å²) < 4.78 is 40.9. The SMILES string of the molecule is CC(=O)c1cc(O)c(C(=N)C(=O)Nc2ccc(C#N)cc2C(=O)O)cc1-c1ccccc1C(F)(F)F. The lowest BCUT2D eigenvalue weighted by Crippen LogP contribution is -2.24. The molecule has 0 aliphatic heterocycles. The Morgan fingerprint density at radius 1 is 0.972 bits per heavy atom. The van der Waals surface area contributed by atoms with Crippen LogP contribution in [0.15, 0.2) is 54.6 Å². The summed E-state index contributed by atoms with van der Waals surface area (Å²) in [6.45, 7) is 1.09. The van der Waals surface area contributed by atoms with Crippen LogP contribution < -0.4 is 5.32 Å². The predicted molar refractivity (Wildman–Crippen MR) is 122 cm³/mol. The molecule has 0 fully saturated rings. The van der Waals surface area contributed by atoms with Gasteiger partial charge in [0.1, 0.15) is 11.5 Å². The Morgan fingerprint density at radius 3 is 2.22 bits per heavy atom. The molecule has 8 nitrogen and oxygen atoms in total. The number of nitriles is 1. The lowest BCUT2D eigenvalue weighted by molar-refractivity contribution is -0.137. The Kier molecular flexibility index (Phi) is 6.92. The van der Waals surface area contributed by atoms with Gasteiger partial charge in [0.05, 0.1) is 28.4 Å². The molecule has 11 heteroatoms. The molecule has 1 amide bonds. The summed E-state index contributed by atoms with van der Waals surface area (Å²) in [5.74, 6) is -4.04. The van der Waals surface area contributed by atoms with Crippen molar-refractivity contribution in [2.75, 3.05) is 5.32 Å². The van der Waals surface area contributed by atoms with Crippen molar-refractivity contribution in [1.29, 1.82) is 10.7 Å². The Balaban J connectivity index is 2.11. The number of ketones is 1. The van der Waals surface area contributed by atoms with Crippen LogP contribution in [0.2, 0.25) is 0 Å². The Hall–Kier alpha value is -4.98. The molecule has 0 bridgehead atoms. The zero-order chi connectivity index (χ0) is 26.8. The van der Waals surface area contributed by atoms with E-state index in [0.717, 1.165) is 49.4 Å². The minimum Gasteiger partial charge on any atom is -0.507 e. The monoisotopic (exact) mass is 495 g/mol. The van der Waals surface area contributed by atoms with Crippen molar-refractivity contribution in [2.24, 2.45) is 0 Å². The van der Waals surface area contributed by atoms with E-state index in [0.29, 0.717) is 0 Å². The van der Waals surface area contributed by atoms with Crippen molar-refractivity contribution in [3.63, 3.8) is 0 Å². The van der Waals surface area contributed by atoms with Gasteiger partial charge in [0.2, 0.25) is 0 Å². The Labute approximate surface area is 201 Å². The molecule has 3 rings (SSSR count). The number of hydrogen-bond acceptors (Lipinski definition) is 6. The number of phenols is 1. The molecule has 0 saturated heterocycles. The number of rotatable bonds is 6. The number of amides is 1. The van der Waals surface area contributed by atoms with E-state index < -0.39 is 57.6 Å². The van der Waals surface area contributed by atoms with E-state index in [1.54, 1.807) is 6.07 Å². The number of carbonyl (C=O) groups is 3. The molecule has 0 aliphatic rings. The number of Topliss-reactive ketones (excluding diaryl/α,β-unsaturated/α-hetero) is 1. The summed E-state index contributed by atoms with van der Waals surface area (Å²) in [4.78, 5) is 36.4. The maximum Gasteiger partial charge on any atom is 0.417 e. The van der Waals surface area contributed by atoms with Crippen LogP contribution in [0.4, 0.5) is 18.9 Å². The number of carboxylic acids is 1. The lowest BCUT2D eigenvalue weighted by atomic mass is 9.90. The van der Waals surface area contributed by atoms with Gasteiger partial charge in [-0.15, -0.1) is 0 Å². The molecule has 0 aliphatic carbocycles. The molecule has 0 saturated carbocycles. The van der Waals surface area contributed by atoms with Gasteiger partial charge >= 0.3 is 12.1 Å². The summed E-state index contributed by atoms with van der Waals surface area (Å²) in [6.07, 6.45) is -4.78. The maximum absolute atomic E-state index is 13.6. The van der Waals surface area contributed by atoms with Crippen LogP contribution in [0, 0.1) is 16.7 Å². The first-order valence-electron chi connectivity index (χ1n) is 10.1. The van der Waals surface area contributed by atoms with Gasteiger partial charge in [-0.3, -0.25) is 15.0 Å². The molecule has 0 atom stereocenters. The number of carbonyl (C=O) groups excluding carboxylic acids is 2. The van der Waals surface area contributed by atoms with E-state index in [1.807, 2.05) is 0 Å². The van der Waals surface area contributed by atoms with Crippen LogP contribution in [-0.4, -0.2) is 33.6 Å². The smallest absolute Gasteiger partial charge is 0.417 e. The number of aromatic hydroxyl groups is 1. The second kappa shape index (κ2) is 9.71. The molecule has 0 spiro atoms. The third-order valence-electron chi connectivity index (χ3n) is 5.16. The molecule has 182 valence electrons. The molecular formula is C25H16F3N3O5. The van der Waals surface area contributed by atoms with Crippen LogP contribution in [0.25, 0.3) is 11.1 Å². The number of nitrogens with one attached hydrogen (secondary N) is 2. The quantitative estimate of drug-likeness (QED) is 0.283. The number of carboxylic acid groups (broad SMARTS) is 1. The lowest BCUT2D eigenvalue weighted by Gasteiger charge is -2.17. The molecular weight excluding hydrogens is 479 g/mol. The number of benzene rings is 3. The van der Waals surface area contributed by atoms with Gasteiger partial charge in [0.25, 0.3) is 5.91 Å². The average Bonchev–Trinajstić information content (AvgIpc) is 2.82. The van der Waals surface area contributed by atoms with Crippen LogP contribution >= 0.6 is 0 Å². The molecule has 4 N–H and O–H groups in total. The maximum atomic E-state index is 13.6. The molecule has 3 aromatic carbocycles. The molecule has 3 aromatic rings. The normalized spacial score (nSPS) is 10.9. The van der Waals surface area contributed by atoms with Gasteiger partial charge in [-0.1, -0.05) is 18.2 Å². The minimum absolute atomic E-state index is 0.00548. The highest BCUT2D eigenvalue weighted by Gasteiger charge is 2.34. The van der Waals surface area contributed by atoms with Gasteiger partial charge in [0, 0.05) is 11.1 Å². The highest BCUT2D eigenvalue weighted by molar-refractivity contribution is 6.48. The second-order valence-electron chi connectivity index (χ2n) is 7.52. The fraction of sp³-hybridized carbons (Fsp3) is 0.0800. The minimum atomic E-state index is -4.78. The van der Waals surface area contributed by atoms with Crippen molar-refractivity contribution in [1.82, 2.24) is 0 Å². The summed E-state index contributed by atoms with van der Waals surface area (Å²) in [5, 5.41) is 39.1. The number of phenolic OH excluding ortho intramolecular Hbond substituents is 1. The van der Waals surface area contributed by atoms with Crippen LogP contribution in [0.3, 0.4) is 0 Å². The van der Waals surface area contributed by atoms with Crippen LogP contribution in [0.1, 0.15) is 44.3 Å². The van der Waals surface area contributed by atoms with Crippen molar-refractivity contribution in [2.45, 2.75) is 13.1 Å². The molecule has 36 heavy (non-hydrogen) atoms. The highest BCUT2D eigenvalue weighted by atomic mass is 19.4. The van der Waals surface area contributed by atoms with Crippen molar-refractivity contribution in [3.05, 3.63) is 82.4 Å². The van der Waals surface area contributed by atoms with Gasteiger partial charge in [-0.25, -0.2) is 4.79 Å². The zero-order valence-electron chi connectivity index (χ0n) is 18.4. The summed E-state index contributed by atoms with van der Waals surface area (Å²) in [7, 11) is 0. The standard InChI is InChI=1S/C25H16F3N3O5/c1-12(32)15-10-21(33)18(9-16(15)14-4-2-3-5-19(14)25(26,27)28)22(30)23(34)31-20-7-6-13(11-29)8-17(20)24(35)36/h2-10,30,33H,1H3,(H,31,34)(H,35,36). The third-order valence-corrected chi connectivity index (χ3v) is 5.16. The predicted octanol–water partition coefficient (Wildman–Crippen LogP) is 4.86. The number of alkyl halides is 3. The average molecular weight is 495 g/mol. The first-order valence-corrected chi connectivity index (χ1v) is 10.1. The first-order chi connectivity index (χ1) is 16.8. The van der Waals surface area contributed by atoms with E-state index in [-0.39, 0.29) is 22.4 Å². The molecule has 0 aromatic heterocycles. The van der Waals surface area contributed by atoms with Gasteiger partial charge in [0.15, 0.2) is 5.78 Å². The number of aromatic carboxylic acids is 1. The van der Waals surface area contributed by atoms with E-state index >= 15 is 0 Å². The number of anilines is 1. The van der Waals surface area contributed by atoms with Crippen molar-refractivity contribution >= 4 is 29.1 Å². The van der Waals surface area contributed by atoms with Crippen molar-refractivity contribution < 1.29 is 37.8 Å². The number of nitrogens with zero attached hydrogens (tertiary/aromatic N) is 1. The van der Waals surface area contributed by atoms with Gasteiger partial charge in [-0.05, 0) is 54.4 Å². The molecule has 0 unspecified atom stereocenters. The molecule has 0 heterocycles. The van der Waals surface area contributed by atoms with E-state index in [9.17, 15) is 37.8 Å². The Morgan fingerprint density at radius 2 is 1.64 bits per heavy atom. The topological polar surface area (TPSA) is 151 Å². The summed E-state index contributed by atoms with van der Waals surface area (Å²) in [5.41, 5.74) is -4.07. The van der Waals surface area contributed by atoms with E-state index in [1.165, 1.54) is 12.1 Å². The van der Waals surface area contributed by atoms with Crippen LogP contribution in [0.5, 0.6) is 5.75 Å². The number of halogens is 3. The first kappa shape index (κ1) is 25.6. The van der Waals surface area contributed by atoms with E-state index in [4.69, 9.17) is 10.7 Å². The third kappa shape index (κ3) is 5.07. The van der Waals surface area contributed by atoms with Crippen LogP contribution in [-0.2, 0) is 11.0 Å². The summed E-state index contributed by atoms with van der Waals surface area (Å²) >= 11 is 0. The highest BCUT2D eigenvalue weighted by Crippen LogP contribution is 2.40. The fourth-order valence-electron chi connectivity index (χ4n) is 3.47. The molecule has 0 radical (unpaired) electrons. The van der Waals surface area contributed by atoms with E-state index in [2.05, 4.69) is 5.32 Å². The summed E-state index contributed by atoms with van der Waals surface area (Å²) in [6, 6.07) is 11.3. The largest absolute Gasteiger partial charge is 0.507 e. The second-order valence-corrected chi connectivity index (χ2v) is 7.52. The Bertz CT molecular complexity index is 1470. The van der Waals surface area contributed by atoms with Gasteiger partial charge in [-0.2, -0.15) is 18.4 Å².